The summed E-state index contributed by atoms with van der Waals surface area (Å²) in [6.07, 6.45) is 7.22. The number of ether oxygens (including phenoxy) is 1. The van der Waals surface area contributed by atoms with Crippen LogP contribution in [0.2, 0.25) is 0 Å². The van der Waals surface area contributed by atoms with Gasteiger partial charge in [-0.3, -0.25) is 0 Å². The molecule has 0 fully saturated rings. The molecule has 0 aromatic carbocycles. The molecule has 18 heavy (non-hydrogen) atoms. The Labute approximate surface area is 107 Å². The summed E-state index contributed by atoms with van der Waals surface area (Å²) < 4.78 is 9.94. The summed E-state index contributed by atoms with van der Waals surface area (Å²) in [5.74, 6) is 0.584. The van der Waals surface area contributed by atoms with E-state index in [-0.39, 0.29) is 5.76 Å². The zero-order valence-electron chi connectivity index (χ0n) is 10.7. The van der Waals surface area contributed by atoms with Crippen molar-refractivity contribution in [2.24, 2.45) is 0 Å². The molecule has 0 spiro atoms. The van der Waals surface area contributed by atoms with E-state index < -0.39 is 5.97 Å². The van der Waals surface area contributed by atoms with Crippen molar-refractivity contribution >= 4 is 5.97 Å². The molecule has 0 saturated heterocycles. The first-order chi connectivity index (χ1) is 8.79. The zero-order chi connectivity index (χ0) is 12.8. The largest absolute Gasteiger partial charge is 0.463 e. The fourth-order valence-electron chi connectivity index (χ4n) is 2.11. The number of hydrogen-bond donors (Lipinski definition) is 1. The van der Waals surface area contributed by atoms with Crippen molar-refractivity contribution < 1.29 is 13.9 Å². The minimum Gasteiger partial charge on any atom is -0.463 e. The SMILES string of the molecule is COC(=O)c1ccc(CNCCC2=CCCC2)o1. The van der Waals surface area contributed by atoms with Gasteiger partial charge in [0.25, 0.3) is 0 Å². The number of nitrogens with one attached hydrogen (secondary N) is 1. The zero-order valence-corrected chi connectivity index (χ0v) is 10.7. The molecule has 4 nitrogen and oxygen atoms in total. The van der Waals surface area contributed by atoms with E-state index in [1.807, 2.05) is 0 Å². The number of allylic oxidation sites excluding steroid dienone is 1. The Morgan fingerprint density at radius 3 is 3.11 bits per heavy atom. The van der Waals surface area contributed by atoms with Crippen LogP contribution < -0.4 is 5.32 Å². The molecule has 1 aliphatic carbocycles. The predicted molar refractivity (Wildman–Crippen MR) is 68.3 cm³/mol. The third kappa shape index (κ3) is 3.47. The lowest BCUT2D eigenvalue weighted by molar-refractivity contribution is 0.0563. The average Bonchev–Trinajstić information content (AvgIpc) is 3.05. The second kappa shape index (κ2) is 6.40. The first-order valence-electron chi connectivity index (χ1n) is 6.35. The highest BCUT2D eigenvalue weighted by Gasteiger charge is 2.10. The van der Waals surface area contributed by atoms with Crippen molar-refractivity contribution in [2.75, 3.05) is 13.7 Å². The molecule has 0 bridgehead atoms. The Balaban J connectivity index is 1.70. The van der Waals surface area contributed by atoms with Crippen molar-refractivity contribution in [3.63, 3.8) is 0 Å². The van der Waals surface area contributed by atoms with Gasteiger partial charge in [-0.1, -0.05) is 11.6 Å². The van der Waals surface area contributed by atoms with E-state index in [1.54, 1.807) is 17.7 Å². The van der Waals surface area contributed by atoms with Crippen molar-refractivity contribution in [1.29, 1.82) is 0 Å². The summed E-state index contributed by atoms with van der Waals surface area (Å²) in [6.45, 7) is 1.59. The summed E-state index contributed by atoms with van der Waals surface area (Å²) in [5.41, 5.74) is 1.55. The number of carbonyl (C=O) groups excluding carboxylic acids is 1. The predicted octanol–water partition coefficient (Wildman–Crippen LogP) is 2.66. The van der Waals surface area contributed by atoms with Crippen LogP contribution in [0.5, 0.6) is 0 Å². The second-order valence-corrected chi connectivity index (χ2v) is 4.44. The van der Waals surface area contributed by atoms with Gasteiger partial charge in [0.15, 0.2) is 0 Å². The van der Waals surface area contributed by atoms with E-state index in [1.165, 1.54) is 26.4 Å². The standard InChI is InChI=1S/C14H19NO3/c1-17-14(16)13-7-6-12(18-13)10-15-9-8-11-4-2-3-5-11/h4,6-7,15H,2-3,5,8-10H2,1H3. The monoisotopic (exact) mass is 249 g/mol. The van der Waals surface area contributed by atoms with Gasteiger partial charge >= 0.3 is 5.97 Å². The van der Waals surface area contributed by atoms with Crippen LogP contribution in [0.3, 0.4) is 0 Å². The van der Waals surface area contributed by atoms with Crippen molar-refractivity contribution in [2.45, 2.75) is 32.2 Å². The van der Waals surface area contributed by atoms with Gasteiger partial charge in [0.2, 0.25) is 5.76 Å². The molecule has 1 N–H and O–H groups in total. The first kappa shape index (κ1) is 12.9. The number of furan rings is 1. The minimum absolute atomic E-state index is 0.257. The number of rotatable bonds is 6. The molecule has 1 heterocycles. The highest BCUT2D eigenvalue weighted by atomic mass is 16.5. The maximum absolute atomic E-state index is 11.2. The number of hydrogen-bond acceptors (Lipinski definition) is 4. The summed E-state index contributed by atoms with van der Waals surface area (Å²) in [5, 5.41) is 3.31. The molecule has 2 rings (SSSR count). The molecular formula is C14H19NO3. The van der Waals surface area contributed by atoms with Crippen LogP contribution in [0, 0.1) is 0 Å². The molecule has 0 aliphatic heterocycles. The Morgan fingerprint density at radius 1 is 1.50 bits per heavy atom. The molecule has 1 aromatic heterocycles. The average molecular weight is 249 g/mol. The van der Waals surface area contributed by atoms with Crippen molar-refractivity contribution in [1.82, 2.24) is 5.32 Å². The lowest BCUT2D eigenvalue weighted by atomic mass is 10.2. The molecule has 98 valence electrons. The molecule has 1 aromatic rings. The summed E-state index contributed by atoms with van der Waals surface area (Å²) >= 11 is 0. The van der Waals surface area contributed by atoms with Crippen LogP contribution in [-0.2, 0) is 11.3 Å². The Kier molecular flexibility index (Phi) is 4.59. The van der Waals surface area contributed by atoms with E-state index in [0.717, 1.165) is 18.7 Å². The molecule has 0 unspecified atom stereocenters. The Morgan fingerprint density at radius 2 is 2.39 bits per heavy atom. The first-order valence-corrected chi connectivity index (χ1v) is 6.35. The van der Waals surface area contributed by atoms with Crippen LogP contribution in [-0.4, -0.2) is 19.6 Å². The number of methoxy groups -OCH3 is 1. The molecule has 4 heteroatoms. The van der Waals surface area contributed by atoms with E-state index in [4.69, 9.17) is 4.42 Å². The summed E-state index contributed by atoms with van der Waals surface area (Å²) in [4.78, 5) is 11.2. The fourth-order valence-corrected chi connectivity index (χ4v) is 2.11. The molecule has 0 atom stereocenters. The molecule has 0 radical (unpaired) electrons. The molecular weight excluding hydrogens is 230 g/mol. The van der Waals surface area contributed by atoms with Crippen molar-refractivity contribution in [3.8, 4) is 0 Å². The molecule has 0 saturated carbocycles. The van der Waals surface area contributed by atoms with Gasteiger partial charge in [-0.05, 0) is 44.4 Å². The minimum atomic E-state index is -0.433. The van der Waals surface area contributed by atoms with Crippen LogP contribution in [0.1, 0.15) is 42.0 Å². The Bertz CT molecular complexity index is 434. The maximum Gasteiger partial charge on any atom is 0.373 e. The van der Waals surface area contributed by atoms with Gasteiger partial charge in [-0.2, -0.15) is 0 Å². The highest BCUT2D eigenvalue weighted by Crippen LogP contribution is 2.19. The number of esters is 1. The molecule has 0 amide bonds. The second-order valence-electron chi connectivity index (χ2n) is 4.44. The van der Waals surface area contributed by atoms with E-state index >= 15 is 0 Å². The third-order valence-corrected chi connectivity index (χ3v) is 3.11. The normalized spacial score (nSPS) is 14.6. The summed E-state index contributed by atoms with van der Waals surface area (Å²) in [6, 6.07) is 3.44. The van der Waals surface area contributed by atoms with Gasteiger partial charge < -0.3 is 14.5 Å². The van der Waals surface area contributed by atoms with E-state index in [0.29, 0.717) is 6.54 Å². The molecule has 1 aliphatic rings. The van der Waals surface area contributed by atoms with Crippen LogP contribution in [0.15, 0.2) is 28.2 Å². The maximum atomic E-state index is 11.2. The fraction of sp³-hybridized carbons (Fsp3) is 0.500. The Hall–Kier alpha value is -1.55. The van der Waals surface area contributed by atoms with E-state index in [9.17, 15) is 4.79 Å². The van der Waals surface area contributed by atoms with Gasteiger partial charge in [0, 0.05) is 0 Å². The highest BCUT2D eigenvalue weighted by molar-refractivity contribution is 5.86. The lowest BCUT2D eigenvalue weighted by Gasteiger charge is -2.03. The third-order valence-electron chi connectivity index (χ3n) is 3.11. The van der Waals surface area contributed by atoms with Crippen molar-refractivity contribution in [3.05, 3.63) is 35.3 Å². The van der Waals surface area contributed by atoms with Gasteiger partial charge in [-0.15, -0.1) is 0 Å². The van der Waals surface area contributed by atoms with Gasteiger partial charge in [0.05, 0.1) is 13.7 Å². The summed E-state index contributed by atoms with van der Waals surface area (Å²) in [7, 11) is 1.35. The van der Waals surface area contributed by atoms with Crippen LogP contribution in [0.25, 0.3) is 0 Å². The van der Waals surface area contributed by atoms with Crippen LogP contribution >= 0.6 is 0 Å². The number of carbonyl (C=O) groups is 1. The van der Waals surface area contributed by atoms with Gasteiger partial charge in [0.1, 0.15) is 5.76 Å². The van der Waals surface area contributed by atoms with Crippen LogP contribution in [0.4, 0.5) is 0 Å². The van der Waals surface area contributed by atoms with E-state index in [2.05, 4.69) is 16.1 Å². The smallest absolute Gasteiger partial charge is 0.373 e. The lowest BCUT2D eigenvalue weighted by Crippen LogP contribution is -2.14. The van der Waals surface area contributed by atoms with Gasteiger partial charge in [-0.25, -0.2) is 4.79 Å². The topological polar surface area (TPSA) is 51.5 Å². The quantitative estimate of drug-likeness (QED) is 0.478.